The van der Waals surface area contributed by atoms with Gasteiger partial charge in [-0.3, -0.25) is 25.6 Å². The Hall–Kier alpha value is -5.16. The third-order valence-electron chi connectivity index (χ3n) is 6.47. The van der Waals surface area contributed by atoms with Crippen LogP contribution in [0.25, 0.3) is 0 Å². The number of sulfone groups is 1. The van der Waals surface area contributed by atoms with Gasteiger partial charge in [-0.2, -0.15) is 0 Å². The van der Waals surface area contributed by atoms with E-state index in [9.17, 15) is 33.0 Å². The molecule has 0 atom stereocenters. The van der Waals surface area contributed by atoms with Crippen LogP contribution in [0.1, 0.15) is 47.8 Å². The summed E-state index contributed by atoms with van der Waals surface area (Å²) in [5.41, 5.74) is 4.13. The van der Waals surface area contributed by atoms with Gasteiger partial charge in [0.05, 0.1) is 32.2 Å². The molecular formula is C30H26N2O12S. The molecule has 0 unspecified atom stereocenters. The zero-order valence-corrected chi connectivity index (χ0v) is 24.0. The summed E-state index contributed by atoms with van der Waals surface area (Å²) >= 11 is 0. The Morgan fingerprint density at radius 2 is 1.27 bits per heavy atom. The van der Waals surface area contributed by atoms with Crippen molar-refractivity contribution in [3.05, 3.63) is 118 Å². The van der Waals surface area contributed by atoms with Crippen LogP contribution in [0.5, 0.6) is 0 Å². The van der Waals surface area contributed by atoms with Crippen molar-refractivity contribution in [2.24, 2.45) is 0 Å². The molecule has 45 heavy (non-hydrogen) atoms. The van der Waals surface area contributed by atoms with Crippen LogP contribution in [0.15, 0.2) is 94.7 Å². The molecule has 0 saturated heterocycles. The van der Waals surface area contributed by atoms with E-state index in [1.165, 1.54) is 84.9 Å². The fourth-order valence-corrected chi connectivity index (χ4v) is 5.45. The minimum Gasteiger partial charge on any atom is -0.478 e. The van der Waals surface area contributed by atoms with Crippen molar-refractivity contribution in [2.45, 2.75) is 29.6 Å². The third kappa shape index (κ3) is 8.07. The summed E-state index contributed by atoms with van der Waals surface area (Å²) in [5, 5.41) is 38.6. The van der Waals surface area contributed by atoms with Crippen LogP contribution in [0, 0.1) is 0 Å². The first-order chi connectivity index (χ1) is 21.5. The Bertz CT molecular complexity index is 1810. The van der Waals surface area contributed by atoms with Crippen molar-refractivity contribution < 1.29 is 58.1 Å². The van der Waals surface area contributed by atoms with Gasteiger partial charge in [-0.05, 0) is 89.5 Å². The van der Waals surface area contributed by atoms with Gasteiger partial charge in [0, 0.05) is 5.69 Å². The van der Waals surface area contributed by atoms with Crippen molar-refractivity contribution in [1.82, 2.24) is 0 Å². The normalized spacial score (nSPS) is 11.2. The van der Waals surface area contributed by atoms with Crippen molar-refractivity contribution in [3.8, 4) is 0 Å². The average molecular weight is 639 g/mol. The Morgan fingerprint density at radius 1 is 0.644 bits per heavy atom. The molecular weight excluding hydrogens is 612 g/mol. The fraction of sp³-hybridized carbons (Fsp3) is 0.100. The van der Waals surface area contributed by atoms with E-state index < -0.39 is 27.7 Å². The molecule has 1 amide bonds. The quantitative estimate of drug-likeness (QED) is 0.0817. The largest absolute Gasteiger partial charge is 0.478 e. The van der Waals surface area contributed by atoms with Crippen LogP contribution in [0.3, 0.4) is 0 Å². The van der Waals surface area contributed by atoms with E-state index in [0.29, 0.717) is 22.4 Å². The number of aromatic carboxylic acids is 2. The number of carboxylic acids is 2. The summed E-state index contributed by atoms with van der Waals surface area (Å²) in [7, 11) is -3.96. The van der Waals surface area contributed by atoms with Gasteiger partial charge in [0.1, 0.15) is 19.8 Å². The molecule has 4 rings (SSSR count). The lowest BCUT2D eigenvalue weighted by Crippen LogP contribution is -2.17. The summed E-state index contributed by atoms with van der Waals surface area (Å²) < 4.78 is 26.4. The number of anilines is 2. The lowest BCUT2D eigenvalue weighted by atomic mass is 10.0. The molecule has 15 heteroatoms. The maximum atomic E-state index is 13.2. The first-order valence-electron chi connectivity index (χ1n) is 12.9. The van der Waals surface area contributed by atoms with Gasteiger partial charge < -0.3 is 15.5 Å². The van der Waals surface area contributed by atoms with Gasteiger partial charge in [-0.25, -0.2) is 27.8 Å². The second-order valence-electron chi connectivity index (χ2n) is 9.42. The molecule has 0 aliphatic rings. The van der Waals surface area contributed by atoms with Crippen molar-refractivity contribution >= 4 is 39.1 Å². The van der Waals surface area contributed by atoms with Crippen molar-refractivity contribution in [3.63, 3.8) is 0 Å². The summed E-state index contributed by atoms with van der Waals surface area (Å²) in [6.45, 7) is -0.538. The van der Waals surface area contributed by atoms with E-state index in [0.717, 1.165) is 0 Å². The smallest absolute Gasteiger partial charge is 0.336 e. The van der Waals surface area contributed by atoms with E-state index in [2.05, 4.69) is 20.6 Å². The van der Waals surface area contributed by atoms with Gasteiger partial charge in [0.15, 0.2) is 0 Å². The first-order valence-corrected chi connectivity index (χ1v) is 14.4. The summed E-state index contributed by atoms with van der Waals surface area (Å²) in [6, 6.07) is 19.0. The number of rotatable bonds is 14. The third-order valence-corrected chi connectivity index (χ3v) is 8.25. The summed E-state index contributed by atoms with van der Waals surface area (Å²) in [5.74, 6) is -3.23. The van der Waals surface area contributed by atoms with Crippen molar-refractivity contribution in [1.29, 1.82) is 0 Å². The molecule has 4 aromatic rings. The number of benzene rings is 4. The molecule has 14 nitrogen and oxygen atoms in total. The average Bonchev–Trinajstić information content (AvgIpc) is 3.02. The predicted octanol–water partition coefficient (Wildman–Crippen LogP) is 4.69. The summed E-state index contributed by atoms with van der Waals surface area (Å²) in [4.78, 5) is 49.2. The molecule has 0 aliphatic carbocycles. The SMILES string of the molecule is O=C(O)c1ccc(COO)c(CONc2ccc(S(=O)(=O)c3ccc(NC(=O)c4cc(COO)ccc4C(=O)O)cc3)cc2)c1. The zero-order valence-electron chi connectivity index (χ0n) is 23.2. The fourth-order valence-electron chi connectivity index (χ4n) is 4.18. The number of hydrogen-bond acceptors (Lipinski definition) is 11. The number of carbonyl (C=O) groups is 3. The number of hydrogen-bond donors (Lipinski definition) is 6. The molecule has 0 aromatic heterocycles. The minimum atomic E-state index is -3.96. The highest BCUT2D eigenvalue weighted by molar-refractivity contribution is 7.91. The highest BCUT2D eigenvalue weighted by atomic mass is 32.2. The highest BCUT2D eigenvalue weighted by Gasteiger charge is 2.20. The number of carboxylic acid groups (broad SMARTS) is 2. The first kappa shape index (κ1) is 32.7. The van der Waals surface area contributed by atoms with Gasteiger partial charge >= 0.3 is 11.9 Å². The monoisotopic (exact) mass is 638 g/mol. The van der Waals surface area contributed by atoms with E-state index in [1.54, 1.807) is 0 Å². The Morgan fingerprint density at radius 3 is 1.84 bits per heavy atom. The van der Waals surface area contributed by atoms with Crippen LogP contribution in [-0.4, -0.2) is 47.0 Å². The van der Waals surface area contributed by atoms with Crippen LogP contribution in [-0.2, 0) is 44.3 Å². The summed E-state index contributed by atoms with van der Waals surface area (Å²) in [6.07, 6.45) is 0. The Labute approximate surface area is 255 Å². The standard InChI is InChI=1S/C30H26N2O12S/c33-28(27-13-18(15-43-38)1-12-26(27)30(36)37)31-22-4-8-24(9-5-22)45(40,41)25-10-6-23(7-11-25)32-42-16-21-14-19(29(34)35)2-3-20(21)17-44-39/h1-14,32,38-39H,15-17H2,(H,31,33)(H,34,35)(H,36,37). The van der Waals surface area contributed by atoms with Crippen molar-refractivity contribution in [2.75, 3.05) is 10.8 Å². The van der Waals surface area contributed by atoms with Gasteiger partial charge in [0.25, 0.3) is 5.91 Å². The number of amides is 1. The van der Waals surface area contributed by atoms with E-state index in [4.69, 9.17) is 15.4 Å². The molecule has 4 aromatic carbocycles. The lowest BCUT2D eigenvalue weighted by molar-refractivity contribution is -0.253. The van der Waals surface area contributed by atoms with Gasteiger partial charge in [0.2, 0.25) is 9.84 Å². The molecule has 0 saturated carbocycles. The van der Waals surface area contributed by atoms with Gasteiger partial charge in [-0.1, -0.05) is 12.1 Å². The lowest BCUT2D eigenvalue weighted by Gasteiger charge is -2.12. The van der Waals surface area contributed by atoms with Crippen LogP contribution in [0.4, 0.5) is 11.4 Å². The second-order valence-corrected chi connectivity index (χ2v) is 11.4. The number of carbonyl (C=O) groups excluding carboxylic acids is 1. The minimum absolute atomic E-state index is 0.0205. The highest BCUT2D eigenvalue weighted by Crippen LogP contribution is 2.25. The topological polar surface area (TPSA) is 218 Å². The van der Waals surface area contributed by atoms with Gasteiger partial charge in [-0.15, -0.1) is 0 Å². The van der Waals surface area contributed by atoms with E-state index >= 15 is 0 Å². The van der Waals surface area contributed by atoms with E-state index in [1.807, 2.05) is 0 Å². The molecule has 0 spiro atoms. The Balaban J connectivity index is 1.41. The van der Waals surface area contributed by atoms with Crippen LogP contribution in [0.2, 0.25) is 0 Å². The maximum Gasteiger partial charge on any atom is 0.336 e. The van der Waals surface area contributed by atoms with Crippen LogP contribution < -0.4 is 10.8 Å². The molecule has 0 aliphatic heterocycles. The zero-order chi connectivity index (χ0) is 32.6. The molecule has 0 radical (unpaired) electrons. The molecule has 234 valence electrons. The van der Waals surface area contributed by atoms with E-state index in [-0.39, 0.29) is 52.0 Å². The molecule has 0 heterocycles. The predicted molar refractivity (Wildman–Crippen MR) is 156 cm³/mol. The molecule has 0 bridgehead atoms. The van der Waals surface area contributed by atoms with Crippen LogP contribution >= 0.6 is 0 Å². The maximum absolute atomic E-state index is 13.2. The number of nitrogens with one attached hydrogen (secondary N) is 2. The second kappa shape index (κ2) is 14.5. The molecule has 0 fully saturated rings. The molecule has 6 N–H and O–H groups in total. The Kier molecular flexibility index (Phi) is 10.6.